The maximum atomic E-state index is 14.1. The number of nitrogens with zero attached hydrogens (tertiary/aromatic N) is 3. The molecule has 1 unspecified atom stereocenters. The number of rotatable bonds is 16. The van der Waals surface area contributed by atoms with Crippen molar-refractivity contribution in [3.63, 3.8) is 0 Å². The van der Waals surface area contributed by atoms with E-state index in [9.17, 15) is 4.57 Å². The summed E-state index contributed by atoms with van der Waals surface area (Å²) in [6.45, 7) is 17.8. The largest absolute Gasteiger partial charge is 0.457 e. The van der Waals surface area contributed by atoms with E-state index in [1.807, 2.05) is 27.8 Å². The Kier molecular flexibility index (Phi) is 13.4. The first-order valence-corrected chi connectivity index (χ1v) is 16.5. The SMILES string of the molecule is CCCCCCCCCCCCN1CCN(C)C1=NP(=O)(O[C@@H]1CCO[C@@H]1CC(C)(C)C)OC(C)(C)C. The van der Waals surface area contributed by atoms with Gasteiger partial charge >= 0.3 is 7.75 Å². The average molecular weight is 544 g/mol. The van der Waals surface area contributed by atoms with Crippen LogP contribution in [0.5, 0.6) is 0 Å². The second-order valence-corrected chi connectivity index (χ2v) is 14.8. The van der Waals surface area contributed by atoms with Crippen LogP contribution in [-0.2, 0) is 18.3 Å². The van der Waals surface area contributed by atoms with Crippen LogP contribution < -0.4 is 0 Å². The molecule has 7 nitrogen and oxygen atoms in total. The van der Waals surface area contributed by atoms with Crippen LogP contribution >= 0.6 is 7.75 Å². The van der Waals surface area contributed by atoms with Gasteiger partial charge < -0.3 is 14.5 Å². The lowest BCUT2D eigenvalue weighted by Gasteiger charge is -2.31. The van der Waals surface area contributed by atoms with Crippen LogP contribution in [0.2, 0.25) is 0 Å². The molecule has 2 aliphatic heterocycles. The molecular formula is C29H58N3O4P. The van der Waals surface area contributed by atoms with Crippen LogP contribution in [0.1, 0.15) is 126 Å². The molecule has 3 atom stereocenters. The fraction of sp³-hybridized carbons (Fsp3) is 0.966. The number of likely N-dealkylation sites (N-methyl/N-ethyl adjacent to an activating group) is 1. The summed E-state index contributed by atoms with van der Waals surface area (Å²) in [7, 11) is -1.74. The first-order valence-electron chi connectivity index (χ1n) is 15.0. The summed E-state index contributed by atoms with van der Waals surface area (Å²) in [5.74, 6) is 0.731. The normalized spacial score (nSPS) is 23.8. The fourth-order valence-electron chi connectivity index (χ4n) is 5.09. The molecule has 0 aromatic carbocycles. The Labute approximate surface area is 228 Å². The Balaban J connectivity index is 1.97. The number of guanidine groups is 1. The molecule has 0 N–H and O–H groups in total. The Morgan fingerprint density at radius 2 is 1.54 bits per heavy atom. The van der Waals surface area contributed by atoms with Crippen molar-refractivity contribution in [2.45, 2.75) is 143 Å². The van der Waals surface area contributed by atoms with Crippen molar-refractivity contribution in [3.8, 4) is 0 Å². The first-order chi connectivity index (χ1) is 17.3. The Morgan fingerprint density at radius 3 is 2.11 bits per heavy atom. The zero-order chi connectivity index (χ0) is 27.5. The highest BCUT2D eigenvalue weighted by atomic mass is 31.2. The zero-order valence-electron chi connectivity index (χ0n) is 25.4. The highest BCUT2D eigenvalue weighted by molar-refractivity contribution is 7.52. The summed E-state index contributed by atoms with van der Waals surface area (Å²) in [5, 5.41) is 0. The first kappa shape index (κ1) is 32.6. The molecule has 0 saturated carbocycles. The lowest BCUT2D eigenvalue weighted by atomic mass is 9.88. The summed E-state index contributed by atoms with van der Waals surface area (Å²) >= 11 is 0. The number of ether oxygens (including phenoxy) is 1. The minimum absolute atomic E-state index is 0.0922. The molecule has 37 heavy (non-hydrogen) atoms. The van der Waals surface area contributed by atoms with Gasteiger partial charge in [-0.1, -0.05) is 85.5 Å². The fourth-order valence-corrected chi connectivity index (χ4v) is 6.99. The minimum atomic E-state index is -3.76. The Morgan fingerprint density at radius 1 is 0.946 bits per heavy atom. The molecule has 0 aliphatic carbocycles. The molecule has 0 amide bonds. The molecule has 0 aromatic rings. The summed E-state index contributed by atoms with van der Waals surface area (Å²) in [6.07, 6.45) is 14.3. The van der Waals surface area contributed by atoms with Crippen molar-refractivity contribution < 1.29 is 18.3 Å². The molecule has 2 heterocycles. The van der Waals surface area contributed by atoms with E-state index in [-0.39, 0.29) is 17.6 Å². The van der Waals surface area contributed by atoms with E-state index in [0.717, 1.165) is 38.4 Å². The van der Waals surface area contributed by atoms with E-state index in [4.69, 9.17) is 18.5 Å². The van der Waals surface area contributed by atoms with Gasteiger partial charge in [0.1, 0.15) is 0 Å². The highest BCUT2D eigenvalue weighted by Crippen LogP contribution is 2.56. The van der Waals surface area contributed by atoms with E-state index in [0.29, 0.717) is 13.0 Å². The summed E-state index contributed by atoms with van der Waals surface area (Å²) in [6, 6.07) is 0. The number of hydrogen-bond acceptors (Lipinski definition) is 4. The van der Waals surface area contributed by atoms with Gasteiger partial charge in [-0.2, -0.15) is 0 Å². The molecule has 0 aromatic heterocycles. The molecule has 2 rings (SSSR count). The molecule has 2 saturated heterocycles. The van der Waals surface area contributed by atoms with E-state index in [1.54, 1.807) is 0 Å². The second kappa shape index (κ2) is 15.2. The smallest absolute Gasteiger partial charge is 0.375 e. The van der Waals surface area contributed by atoms with Crippen molar-refractivity contribution in [1.82, 2.24) is 9.80 Å². The van der Waals surface area contributed by atoms with E-state index < -0.39 is 13.3 Å². The van der Waals surface area contributed by atoms with Crippen molar-refractivity contribution >= 4 is 13.7 Å². The molecule has 218 valence electrons. The van der Waals surface area contributed by atoms with Gasteiger partial charge in [0.25, 0.3) is 0 Å². The van der Waals surface area contributed by atoms with Gasteiger partial charge in [0.2, 0.25) is 5.96 Å². The monoisotopic (exact) mass is 543 g/mol. The molecule has 2 aliphatic rings. The quantitative estimate of drug-likeness (QED) is 0.145. The van der Waals surface area contributed by atoms with Crippen LogP contribution in [0, 0.1) is 5.41 Å². The van der Waals surface area contributed by atoms with E-state index in [2.05, 4.69) is 37.5 Å². The van der Waals surface area contributed by atoms with E-state index >= 15 is 0 Å². The summed E-state index contributed by atoms with van der Waals surface area (Å²) < 4.78 is 37.2. The highest BCUT2D eigenvalue weighted by Gasteiger charge is 2.42. The third kappa shape index (κ3) is 12.9. The number of hydrogen-bond donors (Lipinski definition) is 0. The van der Waals surface area contributed by atoms with Crippen molar-refractivity contribution in [3.05, 3.63) is 0 Å². The van der Waals surface area contributed by atoms with Gasteiger partial charge in [0, 0.05) is 39.7 Å². The lowest BCUT2D eigenvalue weighted by Crippen LogP contribution is -2.33. The molecule has 2 fully saturated rings. The molecule has 0 radical (unpaired) electrons. The predicted octanol–water partition coefficient (Wildman–Crippen LogP) is 8.04. The lowest BCUT2D eigenvalue weighted by molar-refractivity contribution is 0.00915. The van der Waals surface area contributed by atoms with Crippen LogP contribution in [0.3, 0.4) is 0 Å². The van der Waals surface area contributed by atoms with Gasteiger partial charge in [0.05, 0.1) is 17.8 Å². The average Bonchev–Trinajstić information content (AvgIpc) is 3.33. The van der Waals surface area contributed by atoms with Crippen LogP contribution in [-0.4, -0.2) is 66.9 Å². The van der Waals surface area contributed by atoms with Crippen molar-refractivity contribution in [2.75, 3.05) is 33.3 Å². The minimum Gasteiger partial charge on any atom is -0.375 e. The predicted molar refractivity (Wildman–Crippen MR) is 155 cm³/mol. The topological polar surface area (TPSA) is 63.6 Å². The van der Waals surface area contributed by atoms with Crippen molar-refractivity contribution in [2.24, 2.45) is 10.2 Å². The Hall–Kier alpha value is -0.620. The summed E-state index contributed by atoms with van der Waals surface area (Å²) in [5.41, 5.74) is -0.550. The van der Waals surface area contributed by atoms with Crippen LogP contribution in [0.25, 0.3) is 0 Å². The molecule has 0 bridgehead atoms. The summed E-state index contributed by atoms with van der Waals surface area (Å²) in [4.78, 5) is 4.33. The van der Waals surface area contributed by atoms with Gasteiger partial charge in [-0.05, 0) is 39.0 Å². The number of unbranched alkanes of at least 4 members (excludes halogenated alkanes) is 9. The van der Waals surface area contributed by atoms with Gasteiger partial charge in [-0.15, -0.1) is 4.76 Å². The Bertz CT molecular complexity index is 732. The molecule has 0 spiro atoms. The van der Waals surface area contributed by atoms with Crippen LogP contribution in [0.15, 0.2) is 4.76 Å². The van der Waals surface area contributed by atoms with Crippen LogP contribution in [0.4, 0.5) is 0 Å². The van der Waals surface area contributed by atoms with Gasteiger partial charge in [-0.3, -0.25) is 9.05 Å². The third-order valence-corrected chi connectivity index (χ3v) is 8.68. The second-order valence-electron chi connectivity index (χ2n) is 13.3. The maximum Gasteiger partial charge on any atom is 0.457 e. The third-order valence-electron chi connectivity index (χ3n) is 6.94. The molecule has 8 heteroatoms. The molecular weight excluding hydrogens is 485 g/mol. The van der Waals surface area contributed by atoms with Crippen molar-refractivity contribution in [1.29, 1.82) is 0 Å². The maximum absolute atomic E-state index is 14.1. The van der Waals surface area contributed by atoms with Gasteiger partial charge in [0.15, 0.2) is 0 Å². The zero-order valence-corrected chi connectivity index (χ0v) is 26.3. The standard InChI is InChI=1S/C29H58N3O4P/c1-9-10-11-12-13-14-15-16-17-18-20-32-22-21-31(8)27(32)30-37(33,36-29(5,6)7)35-25-19-23-34-26(25)24-28(2,3)4/h25-26H,9-24H2,1-8H3/t25-,26-,37?/m1/s1. The van der Waals surface area contributed by atoms with Gasteiger partial charge in [-0.25, -0.2) is 4.57 Å². The van der Waals surface area contributed by atoms with E-state index in [1.165, 1.54) is 57.8 Å².